The molecule has 0 aliphatic rings. The predicted molar refractivity (Wildman–Crippen MR) is 94.0 cm³/mol. The summed E-state index contributed by atoms with van der Waals surface area (Å²) in [7, 11) is -2.73. The van der Waals surface area contributed by atoms with Crippen LogP contribution >= 0.6 is 0 Å². The van der Waals surface area contributed by atoms with Crippen LogP contribution < -0.4 is 9.50 Å². The van der Waals surface area contributed by atoms with Crippen LogP contribution in [0.4, 0.5) is 0 Å². The lowest BCUT2D eigenvalue weighted by atomic mass is 10.1. The number of rotatable bonds is 7. The van der Waals surface area contributed by atoms with Crippen molar-refractivity contribution in [1.82, 2.24) is 5.32 Å². The molecule has 0 radical (unpaired) electrons. The van der Waals surface area contributed by atoms with Crippen LogP contribution in [-0.2, 0) is 30.9 Å². The van der Waals surface area contributed by atoms with Gasteiger partial charge in [0, 0.05) is 13.3 Å². The van der Waals surface area contributed by atoms with Gasteiger partial charge in [-0.15, -0.1) is 0 Å². The highest BCUT2D eigenvalue weighted by atomic mass is 32.2. The number of benzene rings is 2. The molecule has 0 aliphatic carbocycles. The molecule has 0 aliphatic heterocycles. The first-order valence-corrected chi connectivity index (χ1v) is 9.16. The van der Waals surface area contributed by atoms with Crippen LogP contribution in [-0.4, -0.2) is 33.4 Å². The van der Waals surface area contributed by atoms with Crippen molar-refractivity contribution in [2.75, 3.05) is 7.11 Å². The minimum Gasteiger partial charge on any atom is -0.467 e. The number of hydrogen-bond acceptors (Lipinski definition) is 6. The summed E-state index contributed by atoms with van der Waals surface area (Å²) in [5.74, 6) is -0.860. The van der Waals surface area contributed by atoms with E-state index in [9.17, 15) is 18.0 Å². The van der Waals surface area contributed by atoms with Crippen molar-refractivity contribution in [2.45, 2.75) is 24.3 Å². The molecule has 0 unspecified atom stereocenters. The lowest BCUT2D eigenvalue weighted by molar-refractivity contribution is -0.144. The van der Waals surface area contributed by atoms with Crippen LogP contribution in [0.2, 0.25) is 0 Å². The topological polar surface area (TPSA) is 98.8 Å². The molecule has 26 heavy (non-hydrogen) atoms. The Kier molecular flexibility index (Phi) is 6.35. The fourth-order valence-electron chi connectivity index (χ4n) is 2.30. The average Bonchev–Trinajstić information content (AvgIpc) is 2.61. The van der Waals surface area contributed by atoms with E-state index in [1.807, 2.05) is 0 Å². The normalized spacial score (nSPS) is 12.1. The van der Waals surface area contributed by atoms with Gasteiger partial charge < -0.3 is 14.2 Å². The molecule has 0 bridgehead atoms. The van der Waals surface area contributed by atoms with Gasteiger partial charge in [0.2, 0.25) is 5.91 Å². The molecule has 0 fully saturated rings. The molecule has 2 aromatic rings. The maximum atomic E-state index is 12.3. The second kappa shape index (κ2) is 8.48. The Morgan fingerprint density at radius 1 is 1.08 bits per heavy atom. The molecule has 1 N–H and O–H groups in total. The fraction of sp³-hybridized carbons (Fsp3) is 0.222. The SMILES string of the molecule is COC(=O)[C@H](Cc1cccc(OS(=O)(=O)c2ccccc2)c1)NC(C)=O. The molecule has 0 saturated carbocycles. The second-order valence-corrected chi connectivity index (χ2v) is 7.02. The molecule has 0 spiro atoms. The summed E-state index contributed by atoms with van der Waals surface area (Å²) in [6.07, 6.45) is 0.134. The zero-order valence-electron chi connectivity index (χ0n) is 14.3. The van der Waals surface area contributed by atoms with E-state index < -0.39 is 22.1 Å². The molecular formula is C18H19NO6S. The summed E-state index contributed by atoms with van der Waals surface area (Å²) in [6, 6.07) is 13.2. The summed E-state index contributed by atoms with van der Waals surface area (Å²) in [6.45, 7) is 1.29. The summed E-state index contributed by atoms with van der Waals surface area (Å²) in [5, 5.41) is 2.50. The van der Waals surface area contributed by atoms with Crippen LogP contribution in [0.5, 0.6) is 5.75 Å². The van der Waals surface area contributed by atoms with E-state index in [0.29, 0.717) is 5.56 Å². The maximum absolute atomic E-state index is 12.3. The number of nitrogens with one attached hydrogen (secondary N) is 1. The molecule has 0 aromatic heterocycles. The summed E-state index contributed by atoms with van der Waals surface area (Å²) >= 11 is 0. The van der Waals surface area contributed by atoms with Gasteiger partial charge in [-0.3, -0.25) is 4.79 Å². The Bertz CT molecular complexity index is 880. The smallest absolute Gasteiger partial charge is 0.339 e. The third-order valence-corrected chi connectivity index (χ3v) is 4.70. The van der Waals surface area contributed by atoms with Crippen LogP contribution in [0.3, 0.4) is 0 Å². The van der Waals surface area contributed by atoms with E-state index in [1.165, 1.54) is 38.3 Å². The number of hydrogen-bond donors (Lipinski definition) is 1. The Balaban J connectivity index is 2.19. The summed E-state index contributed by atoms with van der Waals surface area (Å²) in [5.41, 5.74) is 0.606. The van der Waals surface area contributed by atoms with Gasteiger partial charge in [-0.1, -0.05) is 30.3 Å². The van der Waals surface area contributed by atoms with Gasteiger partial charge in [-0.2, -0.15) is 8.42 Å². The van der Waals surface area contributed by atoms with Crippen molar-refractivity contribution < 1.29 is 26.9 Å². The predicted octanol–water partition coefficient (Wildman–Crippen LogP) is 1.67. The first-order valence-electron chi connectivity index (χ1n) is 7.75. The fourth-order valence-corrected chi connectivity index (χ4v) is 3.25. The van der Waals surface area contributed by atoms with Crippen molar-refractivity contribution in [3.8, 4) is 5.75 Å². The highest BCUT2D eigenvalue weighted by Crippen LogP contribution is 2.20. The molecule has 0 heterocycles. The lowest BCUT2D eigenvalue weighted by Gasteiger charge is -2.16. The molecule has 0 saturated heterocycles. The number of esters is 1. The largest absolute Gasteiger partial charge is 0.467 e. The minimum atomic E-state index is -3.96. The molecule has 2 rings (SSSR count). The van der Waals surface area contributed by atoms with Crippen molar-refractivity contribution >= 4 is 22.0 Å². The first-order chi connectivity index (χ1) is 12.3. The van der Waals surface area contributed by atoms with E-state index in [0.717, 1.165) is 0 Å². The third kappa shape index (κ3) is 5.32. The molecule has 1 amide bonds. The second-order valence-electron chi connectivity index (χ2n) is 5.48. The summed E-state index contributed by atoms with van der Waals surface area (Å²) < 4.78 is 34.4. The van der Waals surface area contributed by atoms with Crippen molar-refractivity contribution in [1.29, 1.82) is 0 Å². The highest BCUT2D eigenvalue weighted by Gasteiger charge is 2.21. The monoisotopic (exact) mass is 377 g/mol. The van der Waals surface area contributed by atoms with Gasteiger partial charge >= 0.3 is 16.1 Å². The summed E-state index contributed by atoms with van der Waals surface area (Å²) in [4.78, 5) is 23.1. The van der Waals surface area contributed by atoms with E-state index in [1.54, 1.807) is 30.3 Å². The zero-order valence-corrected chi connectivity index (χ0v) is 15.2. The van der Waals surface area contributed by atoms with E-state index in [4.69, 9.17) is 4.18 Å². The molecule has 138 valence electrons. The van der Waals surface area contributed by atoms with Crippen molar-refractivity contribution in [3.05, 3.63) is 60.2 Å². The molecule has 8 heteroatoms. The van der Waals surface area contributed by atoms with E-state index in [2.05, 4.69) is 10.1 Å². The molecular weight excluding hydrogens is 358 g/mol. The number of carbonyl (C=O) groups excluding carboxylic acids is 2. The van der Waals surface area contributed by atoms with Crippen LogP contribution in [0.25, 0.3) is 0 Å². The third-order valence-electron chi connectivity index (χ3n) is 3.44. The standard InChI is InChI=1S/C18H19NO6S/c1-13(20)19-17(18(21)24-2)12-14-7-6-8-15(11-14)25-26(22,23)16-9-4-3-5-10-16/h3-11,17H,12H2,1-2H3,(H,19,20)/t17-/m0/s1. The first kappa shape index (κ1) is 19.5. The lowest BCUT2D eigenvalue weighted by Crippen LogP contribution is -2.41. The number of carbonyl (C=O) groups is 2. The van der Waals surface area contributed by atoms with Gasteiger partial charge in [0.05, 0.1) is 7.11 Å². The number of amides is 1. The molecule has 7 nitrogen and oxygen atoms in total. The van der Waals surface area contributed by atoms with Crippen molar-refractivity contribution in [3.63, 3.8) is 0 Å². The Labute approximate surface area is 152 Å². The minimum absolute atomic E-state index is 0.0380. The van der Waals surface area contributed by atoms with Gasteiger partial charge in [0.25, 0.3) is 0 Å². The maximum Gasteiger partial charge on any atom is 0.339 e. The number of methoxy groups -OCH3 is 1. The van der Waals surface area contributed by atoms with Crippen LogP contribution in [0, 0.1) is 0 Å². The van der Waals surface area contributed by atoms with E-state index in [-0.39, 0.29) is 23.0 Å². The van der Waals surface area contributed by atoms with Gasteiger partial charge in [-0.05, 0) is 29.8 Å². The quantitative estimate of drug-likeness (QED) is 0.582. The van der Waals surface area contributed by atoms with Crippen LogP contribution in [0.1, 0.15) is 12.5 Å². The zero-order chi connectivity index (χ0) is 19.2. The van der Waals surface area contributed by atoms with Gasteiger partial charge in [-0.25, -0.2) is 4.79 Å². The van der Waals surface area contributed by atoms with Crippen LogP contribution in [0.15, 0.2) is 59.5 Å². The number of ether oxygens (including phenoxy) is 1. The van der Waals surface area contributed by atoms with E-state index >= 15 is 0 Å². The Hall–Kier alpha value is -2.87. The Morgan fingerprint density at radius 2 is 1.77 bits per heavy atom. The van der Waals surface area contributed by atoms with Gasteiger partial charge in [0.1, 0.15) is 16.7 Å². The highest BCUT2D eigenvalue weighted by molar-refractivity contribution is 7.87. The molecule has 1 atom stereocenters. The molecule has 2 aromatic carbocycles. The van der Waals surface area contributed by atoms with Crippen molar-refractivity contribution in [2.24, 2.45) is 0 Å². The Morgan fingerprint density at radius 3 is 2.38 bits per heavy atom. The average molecular weight is 377 g/mol. The van der Waals surface area contributed by atoms with Gasteiger partial charge in [0.15, 0.2) is 0 Å².